The fourth-order valence-electron chi connectivity index (χ4n) is 11.2. The number of benzene rings is 11. The third-order valence-corrected chi connectivity index (χ3v) is 15.4. The minimum Gasteiger partial charge on any atom is -0.305 e. The Bertz CT molecular complexity index is 4420. The molecule has 3 aromatic heterocycles. The Morgan fingerprint density at radius 1 is 0.217 bits per heavy atom. The summed E-state index contributed by atoms with van der Waals surface area (Å²) < 4.78 is 0. The van der Waals surface area contributed by atoms with Crippen LogP contribution in [0.2, 0.25) is 0 Å². The molecule has 83 heavy (non-hydrogen) atoms. The topological polar surface area (TPSA) is 38.7 Å². The zero-order valence-electron chi connectivity index (χ0n) is 45.0. The molecule has 0 aliphatic carbocycles. The van der Waals surface area contributed by atoms with Crippen molar-refractivity contribution in [1.29, 1.82) is 0 Å². The molecule has 0 aliphatic rings. The van der Waals surface area contributed by atoms with E-state index >= 15 is 0 Å². The predicted octanol–water partition coefficient (Wildman–Crippen LogP) is 20.4. The molecule has 0 saturated carbocycles. The monoisotopic (exact) mass is 1230 g/mol. The van der Waals surface area contributed by atoms with Gasteiger partial charge in [0.25, 0.3) is 0 Å². The molecule has 0 atom stereocenters. The van der Waals surface area contributed by atoms with Crippen molar-refractivity contribution in [2.24, 2.45) is 0 Å². The molecule has 3 heterocycles. The summed E-state index contributed by atoms with van der Waals surface area (Å²) in [6.07, 6.45) is 5.61. The molecule has 0 fully saturated rings. The first-order valence-electron chi connectivity index (χ1n) is 27.6. The van der Waals surface area contributed by atoms with Gasteiger partial charge in [-0.25, -0.2) is 0 Å². The molecule has 0 unspecified atom stereocenters. The molecule has 390 valence electrons. The first-order chi connectivity index (χ1) is 40.6. The molecule has 0 aliphatic heterocycles. The third-order valence-electron chi connectivity index (χ3n) is 15.4. The van der Waals surface area contributed by atoms with Crippen LogP contribution in [-0.2, 0) is 20.1 Å². The van der Waals surface area contributed by atoms with E-state index in [9.17, 15) is 0 Å². The molecule has 4 heteroatoms. The van der Waals surface area contributed by atoms with Crippen LogP contribution in [0.5, 0.6) is 0 Å². The second-order valence-corrected chi connectivity index (χ2v) is 20.5. The summed E-state index contributed by atoms with van der Waals surface area (Å²) in [7, 11) is 0. The maximum Gasteiger partial charge on any atom is 3.00 e. The predicted molar refractivity (Wildman–Crippen MR) is 339 cm³/mol. The zero-order chi connectivity index (χ0) is 54.6. The van der Waals surface area contributed by atoms with Crippen LogP contribution in [0.15, 0.2) is 304 Å². The van der Waals surface area contributed by atoms with Crippen molar-refractivity contribution >= 4 is 10.8 Å². The van der Waals surface area contributed by atoms with E-state index in [0.717, 1.165) is 134 Å². The van der Waals surface area contributed by atoms with Crippen LogP contribution in [0.4, 0.5) is 0 Å². The summed E-state index contributed by atoms with van der Waals surface area (Å²) in [5.41, 5.74) is 25.5. The van der Waals surface area contributed by atoms with Crippen molar-refractivity contribution in [3.05, 3.63) is 322 Å². The van der Waals surface area contributed by atoms with E-state index < -0.39 is 0 Å². The number of rotatable bonds is 12. The molecule has 0 saturated heterocycles. The summed E-state index contributed by atoms with van der Waals surface area (Å²) in [6, 6.07) is 112. The number of hydrogen-bond donors (Lipinski definition) is 0. The van der Waals surface area contributed by atoms with Gasteiger partial charge in [0.2, 0.25) is 0 Å². The Morgan fingerprint density at radius 2 is 0.614 bits per heavy atom. The molecule has 14 rings (SSSR count). The molecule has 0 amide bonds. The van der Waals surface area contributed by atoms with Gasteiger partial charge in [-0.3, -0.25) is 0 Å². The molecule has 0 radical (unpaired) electrons. The van der Waals surface area contributed by atoms with Gasteiger partial charge in [-0.2, -0.15) is 0 Å². The van der Waals surface area contributed by atoms with Crippen molar-refractivity contribution in [3.63, 3.8) is 0 Å². The van der Waals surface area contributed by atoms with Crippen molar-refractivity contribution in [1.82, 2.24) is 15.0 Å². The van der Waals surface area contributed by atoms with Crippen LogP contribution in [0.1, 0.15) is 0 Å². The normalized spacial score (nSPS) is 11.0. The van der Waals surface area contributed by atoms with Gasteiger partial charge in [-0.1, -0.05) is 245 Å². The molecule has 11 aromatic carbocycles. The average molecular weight is 1230 g/mol. The van der Waals surface area contributed by atoms with Crippen molar-refractivity contribution in [2.45, 2.75) is 0 Å². The number of nitrogens with zero attached hydrogens (tertiary/aromatic N) is 3. The van der Waals surface area contributed by atoms with Crippen molar-refractivity contribution in [2.75, 3.05) is 0 Å². The Balaban J connectivity index is 0.00000645. The van der Waals surface area contributed by atoms with E-state index in [1.165, 1.54) is 11.1 Å². The van der Waals surface area contributed by atoms with Gasteiger partial charge in [0.1, 0.15) is 0 Å². The van der Waals surface area contributed by atoms with E-state index in [2.05, 4.69) is 277 Å². The summed E-state index contributed by atoms with van der Waals surface area (Å²) in [4.78, 5) is 14.2. The Kier molecular flexibility index (Phi) is 14.8. The van der Waals surface area contributed by atoms with Crippen LogP contribution >= 0.6 is 0 Å². The maximum absolute atomic E-state index is 4.99. The first-order valence-corrected chi connectivity index (χ1v) is 27.6. The second-order valence-electron chi connectivity index (χ2n) is 20.5. The standard InChI is InChI=1S/C79H50N3.Ir/c1-2-16-54(17-3-1)55-28-30-56(31-29-55)57-32-34-60(35-33-57)76-51-64(79-52-63-18-4-5-19-65(63)53-82-79)44-45-75(76)74-25-11-10-24-73(74)68-49-66(71-22-8-6-20-69(71)58-36-40-61(41-37-58)77-26-12-14-46-80-77)48-67(50-68)72-23-9-7-21-70(72)59-38-42-62(43-39-59)78-27-13-15-47-81-78;/h1-40,42,45-53H;/q-3;+3. The number of aromatic nitrogens is 3. The molecular formula is C79H50IrN3. The molecular weight excluding hydrogens is 1180 g/mol. The van der Waals surface area contributed by atoms with Gasteiger partial charge >= 0.3 is 20.1 Å². The van der Waals surface area contributed by atoms with Crippen LogP contribution in [0, 0.1) is 18.2 Å². The zero-order valence-corrected chi connectivity index (χ0v) is 47.4. The van der Waals surface area contributed by atoms with Crippen LogP contribution in [0.25, 0.3) is 145 Å². The van der Waals surface area contributed by atoms with Gasteiger partial charge in [-0.05, 0) is 119 Å². The quantitative estimate of drug-likeness (QED) is 0.114. The number of fused-ring (bicyclic) bond motifs is 1. The number of hydrogen-bond acceptors (Lipinski definition) is 3. The Hall–Kier alpha value is -10.2. The van der Waals surface area contributed by atoms with Crippen molar-refractivity contribution in [3.8, 4) is 134 Å². The van der Waals surface area contributed by atoms with Gasteiger partial charge in [0.05, 0.1) is 0 Å². The number of pyridine rings is 3. The third kappa shape index (κ3) is 10.8. The Morgan fingerprint density at radius 3 is 1.10 bits per heavy atom. The fourth-order valence-corrected chi connectivity index (χ4v) is 11.2. The maximum atomic E-state index is 4.99. The molecule has 0 bridgehead atoms. The summed E-state index contributed by atoms with van der Waals surface area (Å²) in [5, 5.41) is 2.24. The van der Waals surface area contributed by atoms with Gasteiger partial charge in [-0.15, -0.1) is 83.4 Å². The average Bonchev–Trinajstić information content (AvgIpc) is 3.65. The van der Waals surface area contributed by atoms with E-state index in [-0.39, 0.29) is 20.1 Å². The fraction of sp³-hybridized carbons (Fsp3) is 0. The van der Waals surface area contributed by atoms with Gasteiger partial charge in [0.15, 0.2) is 0 Å². The second kappa shape index (κ2) is 23.5. The van der Waals surface area contributed by atoms with Crippen LogP contribution in [0.3, 0.4) is 0 Å². The smallest absolute Gasteiger partial charge is 0.305 e. The Labute approximate surface area is 498 Å². The van der Waals surface area contributed by atoms with Crippen LogP contribution in [-0.4, -0.2) is 15.0 Å². The summed E-state index contributed by atoms with van der Waals surface area (Å²) in [6.45, 7) is 0. The van der Waals surface area contributed by atoms with E-state index in [1.54, 1.807) is 0 Å². The summed E-state index contributed by atoms with van der Waals surface area (Å²) in [5.74, 6) is 0. The van der Waals surface area contributed by atoms with E-state index in [0.29, 0.717) is 0 Å². The molecule has 14 aromatic rings. The SMILES string of the molecule is [Ir+3].[c-]1cc(-c2ccccc2-c2cc(-c3ccccc3-c3c[c-]c(-c4ccccn4)cc3)cc(-c3ccccc3-c3c[c-]c(-c4cc5ccccc5cn4)cc3-c3ccc(-c4ccc(-c5ccccc5)cc4)cc3)c2)ccc1-c1ccccn1. The van der Waals surface area contributed by atoms with E-state index in [4.69, 9.17) is 4.98 Å². The minimum absolute atomic E-state index is 0. The van der Waals surface area contributed by atoms with E-state index in [1.807, 2.05) is 55.0 Å². The minimum atomic E-state index is 0. The summed E-state index contributed by atoms with van der Waals surface area (Å²) >= 11 is 0. The first kappa shape index (κ1) is 52.2. The largest absolute Gasteiger partial charge is 3.00 e. The van der Waals surface area contributed by atoms with Gasteiger partial charge < -0.3 is 15.0 Å². The molecule has 0 spiro atoms. The van der Waals surface area contributed by atoms with Crippen LogP contribution < -0.4 is 0 Å². The molecule has 3 nitrogen and oxygen atoms in total. The van der Waals surface area contributed by atoms with Gasteiger partial charge in [0, 0.05) is 18.6 Å². The molecule has 0 N–H and O–H groups in total. The van der Waals surface area contributed by atoms with Crippen molar-refractivity contribution < 1.29 is 20.1 Å².